The third-order valence-corrected chi connectivity index (χ3v) is 3.30. The van der Waals surface area contributed by atoms with Crippen molar-refractivity contribution in [2.45, 2.75) is 32.6 Å². The minimum Gasteiger partial charge on any atom is -0.300 e. The van der Waals surface area contributed by atoms with Crippen molar-refractivity contribution >= 4 is 17.5 Å². The molecule has 1 nitrogen and oxygen atoms in total. The Labute approximate surface area is 72.9 Å². The van der Waals surface area contributed by atoms with Gasteiger partial charge in [0.05, 0.1) is 0 Å². The topological polar surface area (TPSA) is 17.1 Å². The van der Waals surface area contributed by atoms with Crippen LogP contribution in [0, 0.1) is 5.92 Å². The molecule has 0 aliphatic carbocycles. The summed E-state index contributed by atoms with van der Waals surface area (Å²) in [5.41, 5.74) is 0. The van der Waals surface area contributed by atoms with Crippen molar-refractivity contribution in [2.24, 2.45) is 5.92 Å². The summed E-state index contributed by atoms with van der Waals surface area (Å²) in [7, 11) is 0. The third-order valence-electron chi connectivity index (χ3n) is 2.25. The molecule has 1 heterocycles. The van der Waals surface area contributed by atoms with E-state index in [1.165, 1.54) is 24.3 Å². The molecule has 0 unspecified atom stereocenters. The van der Waals surface area contributed by atoms with Crippen molar-refractivity contribution in [1.29, 1.82) is 0 Å². The predicted octanol–water partition coefficient (Wildman–Crippen LogP) is 2.50. The molecule has 2 heteroatoms. The fourth-order valence-corrected chi connectivity index (χ4v) is 2.62. The zero-order chi connectivity index (χ0) is 8.10. The molecule has 0 saturated carbocycles. The average Bonchev–Trinajstić information content (AvgIpc) is 2.06. The van der Waals surface area contributed by atoms with E-state index in [4.69, 9.17) is 0 Å². The lowest BCUT2D eigenvalue weighted by molar-refractivity contribution is -0.119. The normalized spacial score (nSPS) is 20.1. The summed E-state index contributed by atoms with van der Waals surface area (Å²) in [6, 6.07) is 0. The highest BCUT2D eigenvalue weighted by Crippen LogP contribution is 2.25. The molecule has 0 bridgehead atoms. The minimum atomic E-state index is 0.446. The summed E-state index contributed by atoms with van der Waals surface area (Å²) < 4.78 is 0. The largest absolute Gasteiger partial charge is 0.300 e. The first-order chi connectivity index (χ1) is 5.33. The van der Waals surface area contributed by atoms with Crippen molar-refractivity contribution in [3.05, 3.63) is 0 Å². The van der Waals surface area contributed by atoms with Crippen LogP contribution in [0.3, 0.4) is 0 Å². The number of hydrogen-bond donors (Lipinski definition) is 0. The highest BCUT2D eigenvalue weighted by Gasteiger charge is 2.15. The molecule has 0 radical (unpaired) electrons. The molecule has 11 heavy (non-hydrogen) atoms. The molecular weight excluding hydrogens is 156 g/mol. The molecule has 1 aliphatic heterocycles. The quantitative estimate of drug-likeness (QED) is 0.650. The lowest BCUT2D eigenvalue weighted by atomic mass is 9.96. The number of rotatable bonds is 3. The van der Waals surface area contributed by atoms with Gasteiger partial charge in [-0.05, 0) is 30.3 Å². The molecule has 0 spiro atoms. The predicted molar refractivity (Wildman–Crippen MR) is 50.0 cm³/mol. The van der Waals surface area contributed by atoms with Crippen LogP contribution in [0.1, 0.15) is 32.6 Å². The number of carbonyl (C=O) groups is 1. The number of Topliss-reactive ketones (excluding diaryl/α,β-unsaturated/α-hetero) is 1. The van der Waals surface area contributed by atoms with E-state index in [0.29, 0.717) is 11.7 Å². The van der Waals surface area contributed by atoms with Crippen molar-refractivity contribution in [2.75, 3.05) is 11.5 Å². The summed E-state index contributed by atoms with van der Waals surface area (Å²) >= 11 is 2.02. The second-order valence-electron chi connectivity index (χ2n) is 3.15. The molecule has 64 valence electrons. The van der Waals surface area contributed by atoms with Gasteiger partial charge >= 0.3 is 0 Å². The number of thioether (sulfide) groups is 1. The van der Waals surface area contributed by atoms with Crippen LogP contribution in [-0.2, 0) is 4.79 Å². The van der Waals surface area contributed by atoms with Crippen LogP contribution in [0.15, 0.2) is 0 Å². The zero-order valence-electron chi connectivity index (χ0n) is 7.14. The summed E-state index contributed by atoms with van der Waals surface area (Å²) in [4.78, 5) is 11.1. The Morgan fingerprint density at radius 1 is 1.45 bits per heavy atom. The van der Waals surface area contributed by atoms with E-state index in [2.05, 4.69) is 0 Å². The van der Waals surface area contributed by atoms with Gasteiger partial charge < -0.3 is 0 Å². The molecule has 0 amide bonds. The van der Waals surface area contributed by atoms with Gasteiger partial charge in [-0.3, -0.25) is 4.79 Å². The van der Waals surface area contributed by atoms with E-state index in [9.17, 15) is 4.79 Å². The second-order valence-corrected chi connectivity index (χ2v) is 4.38. The molecular formula is C9H16OS. The minimum absolute atomic E-state index is 0.446. The van der Waals surface area contributed by atoms with Crippen LogP contribution in [0.25, 0.3) is 0 Å². The molecule has 0 aromatic carbocycles. The Morgan fingerprint density at radius 3 is 2.64 bits per heavy atom. The van der Waals surface area contributed by atoms with Crippen LogP contribution in [0.4, 0.5) is 0 Å². The van der Waals surface area contributed by atoms with Gasteiger partial charge in [0, 0.05) is 12.8 Å². The Hall–Kier alpha value is 0.0200. The van der Waals surface area contributed by atoms with Crippen molar-refractivity contribution < 1.29 is 4.79 Å². The molecule has 1 rings (SSSR count). The van der Waals surface area contributed by atoms with Crippen molar-refractivity contribution in [3.63, 3.8) is 0 Å². The van der Waals surface area contributed by atoms with Gasteiger partial charge in [-0.1, -0.05) is 6.92 Å². The molecule has 1 fully saturated rings. The van der Waals surface area contributed by atoms with Crippen molar-refractivity contribution in [1.82, 2.24) is 0 Å². The molecule has 0 aromatic rings. The highest BCUT2D eigenvalue weighted by molar-refractivity contribution is 7.99. The van der Waals surface area contributed by atoms with Crippen LogP contribution in [-0.4, -0.2) is 17.3 Å². The first kappa shape index (κ1) is 9.11. The maximum absolute atomic E-state index is 11.1. The molecule has 1 saturated heterocycles. The SMILES string of the molecule is CCC(=O)CC1CCSCC1. The average molecular weight is 172 g/mol. The maximum Gasteiger partial charge on any atom is 0.132 e. The highest BCUT2D eigenvalue weighted by atomic mass is 32.2. The van der Waals surface area contributed by atoms with Crippen LogP contribution in [0.5, 0.6) is 0 Å². The van der Waals surface area contributed by atoms with Gasteiger partial charge in [0.15, 0.2) is 0 Å². The summed E-state index contributed by atoms with van der Waals surface area (Å²) in [5, 5.41) is 0. The van der Waals surface area contributed by atoms with E-state index < -0.39 is 0 Å². The zero-order valence-corrected chi connectivity index (χ0v) is 7.95. The first-order valence-corrected chi connectivity index (χ1v) is 5.58. The second kappa shape index (κ2) is 4.81. The maximum atomic E-state index is 11.1. The van der Waals surface area contributed by atoms with E-state index >= 15 is 0 Å². The molecule has 0 N–H and O–H groups in total. The molecule has 0 aromatic heterocycles. The Kier molecular flexibility index (Phi) is 3.98. The summed E-state index contributed by atoms with van der Waals surface area (Å²) in [6.07, 6.45) is 4.09. The van der Waals surface area contributed by atoms with Gasteiger partial charge in [0.1, 0.15) is 5.78 Å². The summed E-state index contributed by atoms with van der Waals surface area (Å²) in [6.45, 7) is 1.96. The van der Waals surface area contributed by atoms with Crippen LogP contribution in [0.2, 0.25) is 0 Å². The van der Waals surface area contributed by atoms with Crippen LogP contribution >= 0.6 is 11.8 Å². The fourth-order valence-electron chi connectivity index (χ4n) is 1.42. The van der Waals surface area contributed by atoms with Crippen molar-refractivity contribution in [3.8, 4) is 0 Å². The van der Waals surface area contributed by atoms with Crippen LogP contribution < -0.4 is 0 Å². The van der Waals surface area contributed by atoms with E-state index in [0.717, 1.165) is 12.8 Å². The van der Waals surface area contributed by atoms with Gasteiger partial charge in [0.2, 0.25) is 0 Å². The number of carbonyl (C=O) groups excluding carboxylic acids is 1. The van der Waals surface area contributed by atoms with E-state index in [1.807, 2.05) is 18.7 Å². The standard InChI is InChI=1S/C9H16OS/c1-2-9(10)7-8-3-5-11-6-4-8/h8H,2-7H2,1H3. The molecule has 0 atom stereocenters. The van der Waals surface area contributed by atoms with Gasteiger partial charge in [-0.15, -0.1) is 0 Å². The monoisotopic (exact) mass is 172 g/mol. The summed E-state index contributed by atoms with van der Waals surface area (Å²) in [5.74, 6) is 3.69. The number of ketones is 1. The lowest BCUT2D eigenvalue weighted by Gasteiger charge is -2.19. The Morgan fingerprint density at radius 2 is 2.09 bits per heavy atom. The fraction of sp³-hybridized carbons (Fsp3) is 0.889. The van der Waals surface area contributed by atoms with E-state index in [-0.39, 0.29) is 0 Å². The first-order valence-electron chi connectivity index (χ1n) is 4.42. The number of hydrogen-bond acceptors (Lipinski definition) is 2. The van der Waals surface area contributed by atoms with Gasteiger partial charge in [-0.25, -0.2) is 0 Å². The third kappa shape index (κ3) is 3.28. The molecule has 1 aliphatic rings. The van der Waals surface area contributed by atoms with Gasteiger partial charge in [-0.2, -0.15) is 11.8 Å². The Bertz CT molecular complexity index is 128. The van der Waals surface area contributed by atoms with E-state index in [1.54, 1.807) is 0 Å². The smallest absolute Gasteiger partial charge is 0.132 e. The lowest BCUT2D eigenvalue weighted by Crippen LogP contribution is -2.13. The van der Waals surface area contributed by atoms with Gasteiger partial charge in [0.25, 0.3) is 0 Å². The Balaban J connectivity index is 2.19.